The molecule has 21 heavy (non-hydrogen) atoms. The lowest BCUT2D eigenvalue weighted by Crippen LogP contribution is -2.41. The Labute approximate surface area is 124 Å². The molecular weight excluding hydrogens is 270 g/mol. The fourth-order valence-corrected chi connectivity index (χ4v) is 2.49. The predicted octanol–water partition coefficient (Wildman–Crippen LogP) is 2.00. The minimum atomic E-state index is -0.800. The summed E-state index contributed by atoms with van der Waals surface area (Å²) in [6.45, 7) is 2.29. The van der Waals surface area contributed by atoms with Crippen molar-refractivity contribution in [1.29, 1.82) is 0 Å². The molecule has 1 aromatic carbocycles. The molecule has 0 saturated carbocycles. The molecular formula is C16H21NO4. The van der Waals surface area contributed by atoms with Crippen LogP contribution in [0.4, 0.5) is 0 Å². The summed E-state index contributed by atoms with van der Waals surface area (Å²) in [6, 6.07) is 7.73. The van der Waals surface area contributed by atoms with Crippen molar-refractivity contribution in [1.82, 2.24) is 5.32 Å². The summed E-state index contributed by atoms with van der Waals surface area (Å²) in [6.07, 6.45) is 2.06. The molecule has 0 aliphatic carbocycles. The lowest BCUT2D eigenvalue weighted by molar-refractivity contribution is -0.137. The van der Waals surface area contributed by atoms with Gasteiger partial charge in [0.05, 0.1) is 5.92 Å². The van der Waals surface area contributed by atoms with E-state index in [2.05, 4.69) is 5.32 Å². The number of carboxylic acids is 1. The van der Waals surface area contributed by atoms with Crippen LogP contribution in [0.3, 0.4) is 0 Å². The lowest BCUT2D eigenvalue weighted by atomic mass is 9.95. The van der Waals surface area contributed by atoms with Crippen molar-refractivity contribution < 1.29 is 19.4 Å². The van der Waals surface area contributed by atoms with Gasteiger partial charge in [-0.25, -0.2) is 0 Å². The molecule has 5 heteroatoms. The number of nitrogens with one attached hydrogen (secondary N) is 1. The van der Waals surface area contributed by atoms with Gasteiger partial charge in [0.15, 0.2) is 0 Å². The third kappa shape index (κ3) is 4.48. The number of carbonyl (C=O) groups is 2. The first-order valence-corrected chi connectivity index (χ1v) is 7.29. The van der Waals surface area contributed by atoms with E-state index in [1.54, 1.807) is 0 Å². The Morgan fingerprint density at radius 1 is 1.43 bits per heavy atom. The topological polar surface area (TPSA) is 75.6 Å². The molecule has 0 radical (unpaired) electrons. The van der Waals surface area contributed by atoms with Gasteiger partial charge in [0.1, 0.15) is 12.4 Å². The van der Waals surface area contributed by atoms with Crippen LogP contribution in [0.25, 0.3) is 0 Å². The van der Waals surface area contributed by atoms with Crippen molar-refractivity contribution in [3.8, 4) is 5.75 Å². The number of aliphatic carboxylic acids is 1. The molecule has 1 heterocycles. The van der Waals surface area contributed by atoms with Crippen LogP contribution in [0.15, 0.2) is 24.3 Å². The molecule has 0 bridgehead atoms. The highest BCUT2D eigenvalue weighted by Crippen LogP contribution is 2.26. The van der Waals surface area contributed by atoms with Gasteiger partial charge >= 0.3 is 5.97 Å². The van der Waals surface area contributed by atoms with E-state index < -0.39 is 5.97 Å². The van der Waals surface area contributed by atoms with Crippen LogP contribution in [0.5, 0.6) is 5.75 Å². The second-order valence-electron chi connectivity index (χ2n) is 5.52. The number of ether oxygens (including phenoxy) is 1. The van der Waals surface area contributed by atoms with Crippen LogP contribution in [0.2, 0.25) is 0 Å². The van der Waals surface area contributed by atoms with E-state index in [1.165, 1.54) is 0 Å². The third-order valence-corrected chi connectivity index (χ3v) is 3.67. The van der Waals surface area contributed by atoms with E-state index in [4.69, 9.17) is 9.84 Å². The van der Waals surface area contributed by atoms with E-state index in [9.17, 15) is 9.59 Å². The zero-order valence-corrected chi connectivity index (χ0v) is 12.2. The fourth-order valence-electron chi connectivity index (χ4n) is 2.49. The average Bonchev–Trinajstić information content (AvgIpc) is 2.46. The van der Waals surface area contributed by atoms with Crippen LogP contribution < -0.4 is 10.1 Å². The zero-order chi connectivity index (χ0) is 15.2. The molecule has 1 aromatic rings. The molecule has 114 valence electrons. The lowest BCUT2D eigenvalue weighted by Gasteiger charge is -2.25. The Hall–Kier alpha value is -2.04. The number of fused-ring (bicyclic) bond motifs is 1. The number of hydrogen-bond donors (Lipinski definition) is 2. The smallest absolute Gasteiger partial charge is 0.303 e. The van der Waals surface area contributed by atoms with Gasteiger partial charge in [-0.05, 0) is 37.8 Å². The first-order valence-electron chi connectivity index (χ1n) is 7.29. The summed E-state index contributed by atoms with van der Waals surface area (Å²) in [7, 11) is 0. The van der Waals surface area contributed by atoms with Crippen molar-refractivity contribution in [3.63, 3.8) is 0 Å². The van der Waals surface area contributed by atoms with Crippen molar-refractivity contribution >= 4 is 11.9 Å². The highest BCUT2D eigenvalue weighted by molar-refractivity contribution is 5.79. The highest BCUT2D eigenvalue weighted by Gasteiger charge is 2.26. The molecule has 1 amide bonds. The first-order chi connectivity index (χ1) is 10.1. The molecule has 1 aliphatic rings. The average molecular weight is 291 g/mol. The van der Waals surface area contributed by atoms with E-state index in [0.717, 1.165) is 11.3 Å². The first kappa shape index (κ1) is 15.4. The van der Waals surface area contributed by atoms with E-state index in [1.807, 2.05) is 31.2 Å². The van der Waals surface area contributed by atoms with Gasteiger partial charge in [-0.1, -0.05) is 18.2 Å². The minimum absolute atomic E-state index is 0.0194. The Morgan fingerprint density at radius 2 is 2.19 bits per heavy atom. The molecule has 0 spiro atoms. The molecule has 5 nitrogen and oxygen atoms in total. The normalized spacial score (nSPS) is 18.2. The minimum Gasteiger partial charge on any atom is -0.492 e. The van der Waals surface area contributed by atoms with Gasteiger partial charge in [0.25, 0.3) is 0 Å². The molecule has 2 atom stereocenters. The Morgan fingerprint density at radius 3 is 2.95 bits per heavy atom. The molecule has 0 aromatic heterocycles. The zero-order valence-electron chi connectivity index (χ0n) is 12.2. The third-order valence-electron chi connectivity index (χ3n) is 3.67. The molecule has 2 unspecified atom stereocenters. The van der Waals surface area contributed by atoms with Crippen LogP contribution in [0.1, 0.15) is 31.7 Å². The van der Waals surface area contributed by atoms with Crippen molar-refractivity contribution in [3.05, 3.63) is 29.8 Å². The van der Waals surface area contributed by atoms with Crippen molar-refractivity contribution in [2.45, 2.75) is 38.6 Å². The quantitative estimate of drug-likeness (QED) is 0.840. The Kier molecular flexibility index (Phi) is 5.20. The number of hydrogen-bond acceptors (Lipinski definition) is 3. The van der Waals surface area contributed by atoms with E-state index in [0.29, 0.717) is 25.9 Å². The number of carbonyl (C=O) groups excluding carboxylic acids is 1. The van der Waals surface area contributed by atoms with E-state index in [-0.39, 0.29) is 24.3 Å². The van der Waals surface area contributed by atoms with Crippen LogP contribution in [0, 0.1) is 5.92 Å². The molecule has 0 saturated heterocycles. The molecule has 0 fully saturated rings. The summed E-state index contributed by atoms with van der Waals surface area (Å²) < 4.78 is 5.61. The van der Waals surface area contributed by atoms with E-state index >= 15 is 0 Å². The molecule has 1 aliphatic heterocycles. The monoisotopic (exact) mass is 291 g/mol. The maximum absolute atomic E-state index is 12.2. The number of carboxylic acid groups (broad SMARTS) is 1. The van der Waals surface area contributed by atoms with Gasteiger partial charge in [-0.2, -0.15) is 0 Å². The SMILES string of the molecule is CC(CCCC(=O)O)NC(=O)C1COc2ccccc2C1. The van der Waals surface area contributed by atoms with Crippen molar-refractivity contribution in [2.75, 3.05) is 6.61 Å². The second-order valence-corrected chi connectivity index (χ2v) is 5.52. The van der Waals surface area contributed by atoms with Gasteiger partial charge in [-0.3, -0.25) is 9.59 Å². The van der Waals surface area contributed by atoms with Crippen LogP contribution >= 0.6 is 0 Å². The maximum atomic E-state index is 12.2. The van der Waals surface area contributed by atoms with Gasteiger partial charge < -0.3 is 15.2 Å². The van der Waals surface area contributed by atoms with Gasteiger partial charge in [0.2, 0.25) is 5.91 Å². The number of amides is 1. The highest BCUT2D eigenvalue weighted by atomic mass is 16.5. The standard InChI is InChI=1S/C16H21NO4/c1-11(5-4-8-15(18)19)17-16(20)13-9-12-6-2-3-7-14(12)21-10-13/h2-3,6-7,11,13H,4-5,8-10H2,1H3,(H,17,20)(H,18,19). The summed E-state index contributed by atoms with van der Waals surface area (Å²) in [5.74, 6) is -0.143. The Bertz CT molecular complexity index is 515. The molecule has 2 rings (SSSR count). The van der Waals surface area contributed by atoms with Gasteiger partial charge in [0, 0.05) is 12.5 Å². The van der Waals surface area contributed by atoms with Crippen LogP contribution in [-0.2, 0) is 16.0 Å². The Balaban J connectivity index is 1.80. The number of rotatable bonds is 6. The molecule has 2 N–H and O–H groups in total. The summed E-state index contributed by atoms with van der Waals surface area (Å²) >= 11 is 0. The fraction of sp³-hybridized carbons (Fsp3) is 0.500. The number of para-hydroxylation sites is 1. The number of benzene rings is 1. The summed E-state index contributed by atoms with van der Waals surface area (Å²) in [4.78, 5) is 22.7. The van der Waals surface area contributed by atoms with Gasteiger partial charge in [-0.15, -0.1) is 0 Å². The predicted molar refractivity (Wildman–Crippen MR) is 78.2 cm³/mol. The van der Waals surface area contributed by atoms with Crippen LogP contribution in [-0.4, -0.2) is 29.6 Å². The summed E-state index contributed by atoms with van der Waals surface area (Å²) in [5.41, 5.74) is 1.06. The summed E-state index contributed by atoms with van der Waals surface area (Å²) in [5, 5.41) is 11.5. The maximum Gasteiger partial charge on any atom is 0.303 e. The van der Waals surface area contributed by atoms with Crippen molar-refractivity contribution in [2.24, 2.45) is 5.92 Å². The largest absolute Gasteiger partial charge is 0.492 e. The second kappa shape index (κ2) is 7.11.